The van der Waals surface area contributed by atoms with Crippen molar-refractivity contribution in [2.45, 2.75) is 19.9 Å². The first kappa shape index (κ1) is 23.9. The molecule has 0 aliphatic heterocycles. The van der Waals surface area contributed by atoms with Gasteiger partial charge in [-0.15, -0.1) is 0 Å². The van der Waals surface area contributed by atoms with Crippen LogP contribution in [0.4, 0.5) is 0 Å². The molecular formula is C28H27NO6. The van der Waals surface area contributed by atoms with Crippen LogP contribution in [-0.2, 0) is 22.5 Å². The first-order valence-electron chi connectivity index (χ1n) is 11.1. The van der Waals surface area contributed by atoms with E-state index in [0.29, 0.717) is 35.7 Å². The summed E-state index contributed by atoms with van der Waals surface area (Å²) in [4.78, 5) is 25.5. The second-order valence-electron chi connectivity index (χ2n) is 8.12. The van der Waals surface area contributed by atoms with Crippen LogP contribution in [0.25, 0.3) is 17.7 Å². The molecule has 4 rings (SSSR count). The van der Waals surface area contributed by atoms with Crippen LogP contribution in [0.15, 0.2) is 48.5 Å². The van der Waals surface area contributed by atoms with E-state index in [4.69, 9.17) is 14.2 Å². The molecule has 7 nitrogen and oxygen atoms in total. The van der Waals surface area contributed by atoms with E-state index in [9.17, 15) is 14.7 Å². The standard InChI is InChI=1S/C28H27NO6/c1-17-26(28(32)35-4)22(16-21-20-8-6-5-7-19(20)10-11-23(21)30)27(31)29(17)14-13-18-9-12-24(33-2)25(15-18)34-3/h5-12,15-16,31H,13-14H2,1-4H3. The van der Waals surface area contributed by atoms with E-state index in [1.165, 1.54) is 13.2 Å². The third-order valence-electron chi connectivity index (χ3n) is 6.21. The van der Waals surface area contributed by atoms with E-state index < -0.39 is 5.97 Å². The van der Waals surface area contributed by atoms with Crippen molar-refractivity contribution in [3.05, 3.63) is 82.1 Å². The highest BCUT2D eigenvalue weighted by molar-refractivity contribution is 6.33. The zero-order chi connectivity index (χ0) is 25.1. The Morgan fingerprint density at radius 3 is 2.49 bits per heavy atom. The molecule has 1 aliphatic rings. The van der Waals surface area contributed by atoms with Crippen molar-refractivity contribution in [1.82, 2.24) is 4.57 Å². The second kappa shape index (κ2) is 9.93. The highest BCUT2D eigenvalue weighted by Gasteiger charge is 2.27. The lowest BCUT2D eigenvalue weighted by atomic mass is 9.90. The van der Waals surface area contributed by atoms with Gasteiger partial charge in [0.15, 0.2) is 23.2 Å². The molecule has 0 saturated heterocycles. The first-order valence-corrected chi connectivity index (χ1v) is 11.1. The van der Waals surface area contributed by atoms with Gasteiger partial charge in [0, 0.05) is 17.8 Å². The molecule has 0 amide bonds. The number of esters is 1. The smallest absolute Gasteiger partial charge is 0.340 e. The molecule has 1 N–H and O–H groups in total. The minimum absolute atomic E-state index is 0.101. The number of ether oxygens (including phenoxy) is 3. The molecule has 0 unspecified atom stereocenters. The molecule has 0 atom stereocenters. The highest BCUT2D eigenvalue weighted by atomic mass is 16.5. The minimum atomic E-state index is -0.582. The third kappa shape index (κ3) is 4.45. The average molecular weight is 474 g/mol. The van der Waals surface area contributed by atoms with Crippen LogP contribution in [0.3, 0.4) is 0 Å². The van der Waals surface area contributed by atoms with Gasteiger partial charge >= 0.3 is 5.97 Å². The van der Waals surface area contributed by atoms with Crippen molar-refractivity contribution in [3.8, 4) is 17.4 Å². The number of fused-ring (bicyclic) bond motifs is 1. The van der Waals surface area contributed by atoms with Gasteiger partial charge in [0.2, 0.25) is 0 Å². The number of hydrogen-bond donors (Lipinski definition) is 1. The van der Waals surface area contributed by atoms with Crippen molar-refractivity contribution < 1.29 is 28.9 Å². The van der Waals surface area contributed by atoms with Gasteiger partial charge in [0.1, 0.15) is 0 Å². The van der Waals surface area contributed by atoms with Gasteiger partial charge in [-0.2, -0.15) is 0 Å². The SMILES string of the molecule is COC(=O)c1c(C=C2C(=O)C=Cc3ccccc32)c(O)n(CCc2ccc(OC)c(OC)c2)c1C. The fourth-order valence-electron chi connectivity index (χ4n) is 4.36. The molecule has 7 heteroatoms. The van der Waals surface area contributed by atoms with E-state index in [0.717, 1.165) is 16.7 Å². The van der Waals surface area contributed by atoms with E-state index in [1.807, 2.05) is 42.5 Å². The number of aromatic nitrogens is 1. The maximum absolute atomic E-state index is 12.8. The summed E-state index contributed by atoms with van der Waals surface area (Å²) in [5, 5.41) is 11.2. The Hall–Kier alpha value is -4.26. The summed E-state index contributed by atoms with van der Waals surface area (Å²) in [6.07, 6.45) is 5.39. The van der Waals surface area contributed by atoms with Gasteiger partial charge in [-0.05, 0) is 54.3 Å². The van der Waals surface area contributed by atoms with Gasteiger partial charge in [0.05, 0.1) is 32.5 Å². The number of aryl methyl sites for hydroxylation is 1. The van der Waals surface area contributed by atoms with Crippen LogP contribution in [-0.4, -0.2) is 42.8 Å². The molecule has 2 aromatic carbocycles. The number of ketones is 1. The summed E-state index contributed by atoms with van der Waals surface area (Å²) in [5.41, 5.74) is 4.04. The van der Waals surface area contributed by atoms with Crippen molar-refractivity contribution in [2.75, 3.05) is 21.3 Å². The van der Waals surface area contributed by atoms with Crippen LogP contribution < -0.4 is 9.47 Å². The third-order valence-corrected chi connectivity index (χ3v) is 6.21. The van der Waals surface area contributed by atoms with E-state index in [-0.39, 0.29) is 22.8 Å². The molecule has 0 saturated carbocycles. The van der Waals surface area contributed by atoms with Gasteiger partial charge < -0.3 is 23.9 Å². The molecule has 3 aromatic rings. The van der Waals surface area contributed by atoms with Crippen LogP contribution in [0.2, 0.25) is 0 Å². The van der Waals surface area contributed by atoms with Gasteiger partial charge in [0.25, 0.3) is 0 Å². The zero-order valence-corrected chi connectivity index (χ0v) is 20.1. The largest absolute Gasteiger partial charge is 0.494 e. The predicted octanol–water partition coefficient (Wildman–Crippen LogP) is 4.69. The molecule has 180 valence electrons. The van der Waals surface area contributed by atoms with Crippen LogP contribution in [0.5, 0.6) is 17.4 Å². The lowest BCUT2D eigenvalue weighted by Crippen LogP contribution is -2.08. The number of rotatable bonds is 7. The molecule has 0 fully saturated rings. The van der Waals surface area contributed by atoms with Crippen LogP contribution in [0, 0.1) is 6.92 Å². The van der Waals surface area contributed by atoms with E-state index >= 15 is 0 Å². The Morgan fingerprint density at radius 1 is 1.03 bits per heavy atom. The summed E-state index contributed by atoms with van der Waals surface area (Å²) < 4.78 is 17.3. The monoisotopic (exact) mass is 473 g/mol. The number of nitrogens with zero attached hydrogens (tertiary/aromatic N) is 1. The normalized spacial score (nSPS) is 13.6. The average Bonchev–Trinajstić information content (AvgIpc) is 3.12. The van der Waals surface area contributed by atoms with Crippen molar-refractivity contribution in [2.24, 2.45) is 0 Å². The quantitative estimate of drug-likeness (QED) is 0.396. The topological polar surface area (TPSA) is 87.0 Å². The number of allylic oxidation sites excluding steroid dienone is 2. The highest BCUT2D eigenvalue weighted by Crippen LogP contribution is 2.36. The summed E-state index contributed by atoms with van der Waals surface area (Å²) in [5.74, 6) is 0.359. The summed E-state index contributed by atoms with van der Waals surface area (Å²) >= 11 is 0. The van der Waals surface area contributed by atoms with Gasteiger partial charge in [-0.3, -0.25) is 4.79 Å². The predicted molar refractivity (Wildman–Crippen MR) is 134 cm³/mol. The Bertz CT molecular complexity index is 1360. The summed E-state index contributed by atoms with van der Waals surface area (Å²) in [6.45, 7) is 2.14. The Morgan fingerprint density at radius 2 is 1.77 bits per heavy atom. The van der Waals surface area contributed by atoms with Crippen LogP contribution in [0.1, 0.15) is 38.3 Å². The zero-order valence-electron chi connectivity index (χ0n) is 20.1. The molecule has 35 heavy (non-hydrogen) atoms. The molecule has 1 heterocycles. The Labute approximate surface area is 203 Å². The Balaban J connectivity index is 1.76. The molecule has 1 aromatic heterocycles. The van der Waals surface area contributed by atoms with Crippen molar-refractivity contribution in [1.29, 1.82) is 0 Å². The molecule has 0 spiro atoms. The van der Waals surface area contributed by atoms with Crippen molar-refractivity contribution in [3.63, 3.8) is 0 Å². The first-order chi connectivity index (χ1) is 16.9. The lowest BCUT2D eigenvalue weighted by Gasteiger charge is -2.13. The second-order valence-corrected chi connectivity index (χ2v) is 8.12. The molecule has 0 radical (unpaired) electrons. The number of carbonyl (C=O) groups excluding carboxylic acids is 2. The van der Waals surface area contributed by atoms with E-state index in [2.05, 4.69) is 0 Å². The number of carbonyl (C=O) groups is 2. The maximum atomic E-state index is 12.8. The minimum Gasteiger partial charge on any atom is -0.494 e. The van der Waals surface area contributed by atoms with Gasteiger partial charge in [-0.1, -0.05) is 36.4 Å². The molecule has 0 bridgehead atoms. The summed E-state index contributed by atoms with van der Waals surface area (Å²) in [7, 11) is 4.45. The Kier molecular flexibility index (Phi) is 6.78. The number of methoxy groups -OCH3 is 3. The number of aromatic hydroxyl groups is 1. The lowest BCUT2D eigenvalue weighted by molar-refractivity contribution is -0.109. The molecular weight excluding hydrogens is 446 g/mol. The number of benzene rings is 2. The van der Waals surface area contributed by atoms with Gasteiger partial charge in [-0.25, -0.2) is 4.79 Å². The fourth-order valence-corrected chi connectivity index (χ4v) is 4.36. The van der Waals surface area contributed by atoms with Crippen molar-refractivity contribution >= 4 is 29.5 Å². The maximum Gasteiger partial charge on any atom is 0.340 e. The fraction of sp³-hybridized carbons (Fsp3) is 0.214. The molecule has 1 aliphatic carbocycles. The van der Waals surface area contributed by atoms with Crippen LogP contribution >= 0.6 is 0 Å². The van der Waals surface area contributed by atoms with E-state index in [1.54, 1.807) is 37.9 Å². The number of hydrogen-bond acceptors (Lipinski definition) is 6. The summed E-state index contributed by atoms with van der Waals surface area (Å²) in [6, 6.07) is 13.1.